The second-order valence-corrected chi connectivity index (χ2v) is 5.36. The van der Waals surface area contributed by atoms with Gasteiger partial charge in [0, 0.05) is 11.6 Å². The highest BCUT2D eigenvalue weighted by Crippen LogP contribution is 2.22. The molecular formula is C14H22ClNO2. The summed E-state index contributed by atoms with van der Waals surface area (Å²) in [7, 11) is 0. The number of halogens is 1. The third-order valence-corrected chi connectivity index (χ3v) is 2.75. The van der Waals surface area contributed by atoms with Crippen LogP contribution in [0.15, 0.2) is 18.2 Å². The van der Waals surface area contributed by atoms with Crippen LogP contribution < -0.4 is 10.1 Å². The number of rotatable bonds is 7. The minimum Gasteiger partial charge on any atom is -0.491 e. The van der Waals surface area contributed by atoms with Crippen LogP contribution in [-0.2, 0) is 0 Å². The SMILES string of the molecule is Cc1ccc(Cl)cc1OCC(O)CNCC(C)C. The van der Waals surface area contributed by atoms with Gasteiger partial charge in [0.25, 0.3) is 0 Å². The zero-order valence-electron chi connectivity index (χ0n) is 11.2. The molecule has 0 saturated carbocycles. The van der Waals surface area contributed by atoms with E-state index in [9.17, 15) is 5.11 Å². The van der Waals surface area contributed by atoms with Crippen molar-refractivity contribution >= 4 is 11.6 Å². The number of hydrogen-bond acceptors (Lipinski definition) is 3. The molecule has 0 aliphatic heterocycles. The Morgan fingerprint density at radius 1 is 1.33 bits per heavy atom. The number of benzene rings is 1. The molecule has 0 saturated heterocycles. The van der Waals surface area contributed by atoms with Crippen LogP contribution in [-0.4, -0.2) is 30.9 Å². The van der Waals surface area contributed by atoms with E-state index in [0.717, 1.165) is 17.9 Å². The second-order valence-electron chi connectivity index (χ2n) is 4.93. The van der Waals surface area contributed by atoms with Crippen molar-refractivity contribution in [1.82, 2.24) is 5.32 Å². The van der Waals surface area contributed by atoms with Crippen LogP contribution >= 0.6 is 11.6 Å². The topological polar surface area (TPSA) is 41.5 Å². The third kappa shape index (κ3) is 5.71. The van der Waals surface area contributed by atoms with Crippen molar-refractivity contribution in [2.24, 2.45) is 5.92 Å². The van der Waals surface area contributed by atoms with Gasteiger partial charge in [0.15, 0.2) is 0 Å². The number of hydrogen-bond donors (Lipinski definition) is 2. The largest absolute Gasteiger partial charge is 0.491 e. The van der Waals surface area contributed by atoms with E-state index in [1.54, 1.807) is 6.07 Å². The molecule has 1 rings (SSSR count). The molecule has 102 valence electrons. The molecule has 0 fully saturated rings. The molecule has 4 heteroatoms. The van der Waals surface area contributed by atoms with Crippen LogP contribution in [0.1, 0.15) is 19.4 Å². The standard InChI is InChI=1S/C14H22ClNO2/c1-10(2)7-16-8-13(17)9-18-14-6-12(15)5-4-11(14)3/h4-6,10,13,16-17H,7-9H2,1-3H3. The van der Waals surface area contributed by atoms with E-state index in [2.05, 4.69) is 19.2 Å². The molecule has 1 unspecified atom stereocenters. The van der Waals surface area contributed by atoms with Crippen molar-refractivity contribution in [2.75, 3.05) is 19.7 Å². The van der Waals surface area contributed by atoms with Crippen molar-refractivity contribution in [3.05, 3.63) is 28.8 Å². The Morgan fingerprint density at radius 3 is 2.72 bits per heavy atom. The van der Waals surface area contributed by atoms with Gasteiger partial charge in [0.1, 0.15) is 18.5 Å². The summed E-state index contributed by atoms with van der Waals surface area (Å²) in [5.74, 6) is 1.30. The lowest BCUT2D eigenvalue weighted by Crippen LogP contribution is -2.33. The Bertz CT molecular complexity index is 369. The van der Waals surface area contributed by atoms with Gasteiger partial charge in [-0.3, -0.25) is 0 Å². The predicted molar refractivity (Wildman–Crippen MR) is 75.4 cm³/mol. The maximum Gasteiger partial charge on any atom is 0.123 e. The molecule has 1 atom stereocenters. The molecular weight excluding hydrogens is 250 g/mol. The van der Waals surface area contributed by atoms with Gasteiger partial charge in [-0.1, -0.05) is 31.5 Å². The molecule has 1 aromatic rings. The van der Waals surface area contributed by atoms with Crippen LogP contribution in [0.5, 0.6) is 5.75 Å². The fraction of sp³-hybridized carbons (Fsp3) is 0.571. The lowest BCUT2D eigenvalue weighted by Gasteiger charge is -2.15. The number of aliphatic hydroxyl groups is 1. The molecule has 0 spiro atoms. The number of aliphatic hydroxyl groups excluding tert-OH is 1. The first-order valence-corrected chi connectivity index (χ1v) is 6.64. The summed E-state index contributed by atoms with van der Waals surface area (Å²) >= 11 is 5.90. The normalized spacial score (nSPS) is 12.8. The van der Waals surface area contributed by atoms with Crippen LogP contribution in [0, 0.1) is 12.8 Å². The highest BCUT2D eigenvalue weighted by molar-refractivity contribution is 6.30. The lowest BCUT2D eigenvalue weighted by atomic mass is 10.2. The molecule has 0 aliphatic carbocycles. The molecule has 0 radical (unpaired) electrons. The fourth-order valence-electron chi connectivity index (χ4n) is 1.51. The highest BCUT2D eigenvalue weighted by Gasteiger charge is 2.07. The van der Waals surface area contributed by atoms with Crippen LogP contribution in [0.3, 0.4) is 0 Å². The van der Waals surface area contributed by atoms with Gasteiger partial charge < -0.3 is 15.2 Å². The van der Waals surface area contributed by atoms with E-state index in [-0.39, 0.29) is 6.61 Å². The van der Waals surface area contributed by atoms with Crippen LogP contribution in [0.2, 0.25) is 5.02 Å². The summed E-state index contributed by atoms with van der Waals surface area (Å²) in [6.07, 6.45) is -0.512. The molecule has 1 aromatic carbocycles. The van der Waals surface area contributed by atoms with E-state index in [1.807, 2.05) is 19.1 Å². The van der Waals surface area contributed by atoms with Gasteiger partial charge in [-0.05, 0) is 37.1 Å². The van der Waals surface area contributed by atoms with Gasteiger partial charge in [0.2, 0.25) is 0 Å². The number of aryl methyl sites for hydroxylation is 1. The molecule has 3 nitrogen and oxygen atoms in total. The van der Waals surface area contributed by atoms with E-state index in [0.29, 0.717) is 17.5 Å². The van der Waals surface area contributed by atoms with Crippen molar-refractivity contribution < 1.29 is 9.84 Å². The second kappa shape index (κ2) is 7.62. The molecule has 2 N–H and O–H groups in total. The quantitative estimate of drug-likeness (QED) is 0.801. The first kappa shape index (κ1) is 15.3. The molecule has 0 aliphatic rings. The predicted octanol–water partition coefficient (Wildman–Crippen LogP) is 2.63. The molecule has 0 heterocycles. The minimum atomic E-state index is -0.512. The summed E-state index contributed by atoms with van der Waals surface area (Å²) in [5, 5.41) is 13.6. The van der Waals surface area contributed by atoms with E-state index in [1.165, 1.54) is 0 Å². The third-order valence-electron chi connectivity index (χ3n) is 2.51. The highest BCUT2D eigenvalue weighted by atomic mass is 35.5. The first-order chi connectivity index (χ1) is 8.49. The molecule has 0 aromatic heterocycles. The van der Waals surface area contributed by atoms with E-state index in [4.69, 9.17) is 16.3 Å². The van der Waals surface area contributed by atoms with Crippen molar-refractivity contribution in [2.45, 2.75) is 26.9 Å². The average molecular weight is 272 g/mol. The average Bonchev–Trinajstić information content (AvgIpc) is 2.30. The van der Waals surface area contributed by atoms with Gasteiger partial charge >= 0.3 is 0 Å². The van der Waals surface area contributed by atoms with E-state index < -0.39 is 6.10 Å². The van der Waals surface area contributed by atoms with Crippen molar-refractivity contribution in [3.8, 4) is 5.75 Å². The van der Waals surface area contributed by atoms with Gasteiger partial charge in [-0.15, -0.1) is 0 Å². The molecule has 0 bridgehead atoms. The van der Waals surface area contributed by atoms with Gasteiger partial charge in [-0.25, -0.2) is 0 Å². The smallest absolute Gasteiger partial charge is 0.123 e. The summed E-state index contributed by atoms with van der Waals surface area (Å²) in [4.78, 5) is 0. The monoisotopic (exact) mass is 271 g/mol. The van der Waals surface area contributed by atoms with Gasteiger partial charge in [0.05, 0.1) is 0 Å². The Labute approximate surface area is 114 Å². The minimum absolute atomic E-state index is 0.270. The Morgan fingerprint density at radius 2 is 2.06 bits per heavy atom. The lowest BCUT2D eigenvalue weighted by molar-refractivity contribution is 0.105. The zero-order chi connectivity index (χ0) is 13.5. The number of ether oxygens (including phenoxy) is 1. The number of nitrogens with one attached hydrogen (secondary N) is 1. The van der Waals surface area contributed by atoms with E-state index >= 15 is 0 Å². The fourth-order valence-corrected chi connectivity index (χ4v) is 1.68. The van der Waals surface area contributed by atoms with Crippen molar-refractivity contribution in [1.29, 1.82) is 0 Å². The summed E-state index contributed by atoms with van der Waals surface area (Å²) < 4.78 is 5.56. The van der Waals surface area contributed by atoms with Crippen LogP contribution in [0.25, 0.3) is 0 Å². The van der Waals surface area contributed by atoms with Gasteiger partial charge in [-0.2, -0.15) is 0 Å². The maximum absolute atomic E-state index is 9.76. The summed E-state index contributed by atoms with van der Waals surface area (Å²) in [5.41, 5.74) is 1.02. The summed E-state index contributed by atoms with van der Waals surface area (Å²) in [6.45, 7) is 7.92. The molecule has 0 amide bonds. The Balaban J connectivity index is 2.33. The summed E-state index contributed by atoms with van der Waals surface area (Å²) in [6, 6.07) is 5.50. The molecule has 18 heavy (non-hydrogen) atoms. The Hall–Kier alpha value is -0.770. The Kier molecular flexibility index (Phi) is 6.47. The van der Waals surface area contributed by atoms with Crippen molar-refractivity contribution in [3.63, 3.8) is 0 Å². The first-order valence-electron chi connectivity index (χ1n) is 6.26. The van der Waals surface area contributed by atoms with Crippen LogP contribution in [0.4, 0.5) is 0 Å². The maximum atomic E-state index is 9.76. The zero-order valence-corrected chi connectivity index (χ0v) is 12.0.